The van der Waals surface area contributed by atoms with Crippen molar-refractivity contribution in [1.82, 2.24) is 16.0 Å². The van der Waals surface area contributed by atoms with Crippen LogP contribution in [0.3, 0.4) is 0 Å². The van der Waals surface area contributed by atoms with Gasteiger partial charge in [0.05, 0.1) is 0 Å². The van der Waals surface area contributed by atoms with E-state index in [9.17, 15) is 4.79 Å². The Morgan fingerprint density at radius 3 is 2.50 bits per heavy atom. The molecule has 152 valence electrons. The quantitative estimate of drug-likeness (QED) is 0.309. The summed E-state index contributed by atoms with van der Waals surface area (Å²) in [5.74, 6) is 1.26. The third-order valence-corrected chi connectivity index (χ3v) is 5.59. The number of guanidine groups is 1. The van der Waals surface area contributed by atoms with E-state index in [1.165, 1.54) is 25.7 Å². The van der Waals surface area contributed by atoms with Gasteiger partial charge in [0.25, 0.3) is 0 Å². The van der Waals surface area contributed by atoms with E-state index in [-0.39, 0.29) is 41.8 Å². The molecule has 0 saturated heterocycles. The number of rotatable bonds is 6. The highest BCUT2D eigenvalue weighted by Crippen LogP contribution is 2.37. The van der Waals surface area contributed by atoms with E-state index >= 15 is 0 Å². The van der Waals surface area contributed by atoms with Gasteiger partial charge in [-0.2, -0.15) is 0 Å². The number of nitrogens with one attached hydrogen (secondary N) is 3. The molecule has 0 heterocycles. The predicted molar refractivity (Wildman–Crippen MR) is 120 cm³/mol. The van der Waals surface area contributed by atoms with Gasteiger partial charge in [-0.1, -0.05) is 26.2 Å². The summed E-state index contributed by atoms with van der Waals surface area (Å²) in [4.78, 5) is 17.2. The molecule has 1 amide bonds. The number of hydrogen-bond donors (Lipinski definition) is 3. The second-order valence-electron chi connectivity index (χ2n) is 8.58. The zero-order valence-electron chi connectivity index (χ0n) is 17.1. The third kappa shape index (κ3) is 7.61. The van der Waals surface area contributed by atoms with Crippen molar-refractivity contribution in [3.8, 4) is 0 Å². The summed E-state index contributed by atoms with van der Waals surface area (Å²) in [5.41, 5.74) is 0.370. The van der Waals surface area contributed by atoms with Gasteiger partial charge in [0.1, 0.15) is 0 Å². The second kappa shape index (κ2) is 11.3. The van der Waals surface area contributed by atoms with Gasteiger partial charge in [0.2, 0.25) is 5.91 Å². The van der Waals surface area contributed by atoms with Gasteiger partial charge in [-0.15, -0.1) is 24.0 Å². The zero-order valence-corrected chi connectivity index (χ0v) is 19.4. The van der Waals surface area contributed by atoms with Gasteiger partial charge in [-0.3, -0.25) is 9.79 Å². The maximum Gasteiger partial charge on any atom is 0.223 e. The van der Waals surface area contributed by atoms with Crippen LogP contribution >= 0.6 is 24.0 Å². The molecule has 2 aliphatic carbocycles. The summed E-state index contributed by atoms with van der Waals surface area (Å²) in [6.07, 6.45) is 9.38. The van der Waals surface area contributed by atoms with Crippen LogP contribution in [0.2, 0.25) is 0 Å². The van der Waals surface area contributed by atoms with Crippen LogP contribution in [0, 0.1) is 11.3 Å². The van der Waals surface area contributed by atoms with Crippen LogP contribution < -0.4 is 16.0 Å². The Morgan fingerprint density at radius 1 is 1.19 bits per heavy atom. The zero-order chi connectivity index (χ0) is 18.3. The molecule has 0 bridgehead atoms. The van der Waals surface area contributed by atoms with Gasteiger partial charge in [-0.25, -0.2) is 0 Å². The highest BCUT2D eigenvalue weighted by atomic mass is 127. The molecule has 26 heavy (non-hydrogen) atoms. The molecule has 6 heteroatoms. The summed E-state index contributed by atoms with van der Waals surface area (Å²) in [6, 6.07) is 0.553. The second-order valence-corrected chi connectivity index (χ2v) is 8.58. The SMILES string of the molecule is CCNC(=NCC1(C)CCCC1)NC1CCCC(C(=O)NC(C)C)C1.I. The van der Waals surface area contributed by atoms with Crippen molar-refractivity contribution in [3.63, 3.8) is 0 Å². The van der Waals surface area contributed by atoms with Gasteiger partial charge >= 0.3 is 0 Å². The highest BCUT2D eigenvalue weighted by Gasteiger charge is 2.30. The van der Waals surface area contributed by atoms with Crippen molar-refractivity contribution in [2.45, 2.75) is 91.1 Å². The Bertz CT molecular complexity index is 461. The molecule has 0 spiro atoms. The molecule has 3 N–H and O–H groups in total. The molecule has 5 nitrogen and oxygen atoms in total. The van der Waals surface area contributed by atoms with Crippen molar-refractivity contribution >= 4 is 35.8 Å². The molecule has 2 saturated carbocycles. The monoisotopic (exact) mass is 478 g/mol. The molecule has 2 rings (SSSR count). The molecule has 2 fully saturated rings. The summed E-state index contributed by atoms with van der Waals surface area (Å²) in [7, 11) is 0. The number of amides is 1. The maximum atomic E-state index is 12.3. The summed E-state index contributed by atoms with van der Waals surface area (Å²) < 4.78 is 0. The molecule has 2 unspecified atom stereocenters. The molecular formula is C20H39IN4O. The van der Waals surface area contributed by atoms with E-state index in [0.717, 1.165) is 44.7 Å². The van der Waals surface area contributed by atoms with Crippen LogP contribution in [0.25, 0.3) is 0 Å². The van der Waals surface area contributed by atoms with Gasteiger partial charge in [0, 0.05) is 31.1 Å². The standard InChI is InChI=1S/C20H38N4O.HI/c1-5-21-19(22-14-20(4)11-6-7-12-20)24-17-10-8-9-16(13-17)18(25)23-15(2)3;/h15-17H,5-14H2,1-4H3,(H,23,25)(H2,21,22,24);1H. The first kappa shape index (κ1) is 23.5. The lowest BCUT2D eigenvalue weighted by atomic mass is 9.85. The van der Waals surface area contributed by atoms with Crippen molar-refractivity contribution in [3.05, 3.63) is 0 Å². The fourth-order valence-electron chi connectivity index (χ4n) is 4.13. The maximum absolute atomic E-state index is 12.3. The average Bonchev–Trinajstić information content (AvgIpc) is 3.00. The number of halogens is 1. The Labute approximate surface area is 177 Å². The number of aliphatic imine (C=N–C) groups is 1. The number of carbonyl (C=O) groups is 1. The lowest BCUT2D eigenvalue weighted by molar-refractivity contribution is -0.126. The minimum Gasteiger partial charge on any atom is -0.357 e. The Morgan fingerprint density at radius 2 is 1.88 bits per heavy atom. The van der Waals surface area contributed by atoms with Crippen molar-refractivity contribution in [1.29, 1.82) is 0 Å². The van der Waals surface area contributed by atoms with Gasteiger partial charge in [-0.05, 0) is 58.3 Å². The van der Waals surface area contributed by atoms with Crippen molar-refractivity contribution in [2.75, 3.05) is 13.1 Å². The molecule has 2 aliphatic rings. The topological polar surface area (TPSA) is 65.5 Å². The first-order chi connectivity index (χ1) is 11.9. The summed E-state index contributed by atoms with van der Waals surface area (Å²) in [5, 5.41) is 10.0. The van der Waals surface area contributed by atoms with Crippen molar-refractivity contribution < 1.29 is 4.79 Å². The van der Waals surface area contributed by atoms with Crippen LogP contribution in [0.15, 0.2) is 4.99 Å². The van der Waals surface area contributed by atoms with Crippen LogP contribution in [-0.2, 0) is 4.79 Å². The largest absolute Gasteiger partial charge is 0.357 e. The number of nitrogens with zero attached hydrogens (tertiary/aromatic N) is 1. The van der Waals surface area contributed by atoms with Gasteiger partial charge < -0.3 is 16.0 Å². The predicted octanol–water partition coefficient (Wildman–Crippen LogP) is 3.82. The van der Waals surface area contributed by atoms with E-state index in [4.69, 9.17) is 4.99 Å². The highest BCUT2D eigenvalue weighted by molar-refractivity contribution is 14.0. The van der Waals surface area contributed by atoms with Crippen molar-refractivity contribution in [2.24, 2.45) is 16.3 Å². The molecule has 2 atom stereocenters. The van der Waals surface area contributed by atoms with Crippen LogP contribution in [0.1, 0.15) is 79.1 Å². The summed E-state index contributed by atoms with van der Waals surface area (Å²) >= 11 is 0. The average molecular weight is 478 g/mol. The van der Waals surface area contributed by atoms with Crippen LogP contribution in [0.5, 0.6) is 0 Å². The van der Waals surface area contributed by atoms with E-state index in [2.05, 4.69) is 29.8 Å². The number of carbonyl (C=O) groups excluding carboxylic acids is 1. The van der Waals surface area contributed by atoms with E-state index in [1.807, 2.05) is 13.8 Å². The third-order valence-electron chi connectivity index (χ3n) is 5.59. The first-order valence-corrected chi connectivity index (χ1v) is 10.3. The minimum absolute atomic E-state index is 0. The van der Waals surface area contributed by atoms with E-state index in [0.29, 0.717) is 11.5 Å². The fourth-order valence-corrected chi connectivity index (χ4v) is 4.13. The molecular weight excluding hydrogens is 439 g/mol. The Balaban J connectivity index is 0.00000338. The number of hydrogen-bond acceptors (Lipinski definition) is 2. The minimum atomic E-state index is 0. The molecule has 0 aliphatic heterocycles. The van der Waals surface area contributed by atoms with Crippen LogP contribution in [-0.4, -0.2) is 37.0 Å². The molecule has 0 aromatic heterocycles. The van der Waals surface area contributed by atoms with Crippen LogP contribution in [0.4, 0.5) is 0 Å². The van der Waals surface area contributed by atoms with Gasteiger partial charge in [0.15, 0.2) is 5.96 Å². The molecule has 0 aromatic rings. The Kier molecular flexibility index (Phi) is 10.3. The summed E-state index contributed by atoms with van der Waals surface area (Å²) in [6.45, 7) is 10.3. The Hall–Kier alpha value is -0.530. The smallest absolute Gasteiger partial charge is 0.223 e. The van der Waals surface area contributed by atoms with E-state index < -0.39 is 0 Å². The lowest BCUT2D eigenvalue weighted by Crippen LogP contribution is -2.47. The van der Waals surface area contributed by atoms with E-state index in [1.54, 1.807) is 0 Å². The first-order valence-electron chi connectivity index (χ1n) is 10.3. The lowest BCUT2D eigenvalue weighted by Gasteiger charge is -2.31. The normalized spacial score (nSPS) is 25.5. The fraction of sp³-hybridized carbons (Fsp3) is 0.900. The molecule has 0 radical (unpaired) electrons. The molecule has 0 aromatic carbocycles.